The molecule has 0 unspecified atom stereocenters. The molecular weight excluding hydrogens is 212 g/mol. The summed E-state index contributed by atoms with van der Waals surface area (Å²) in [7, 11) is 1.86. The quantitative estimate of drug-likeness (QED) is 0.876. The van der Waals surface area contributed by atoms with Crippen LogP contribution in [0.15, 0.2) is 24.4 Å². The largest absolute Gasteiger partial charge is 0.373 e. The number of nitrogens with one attached hydrogen (secondary N) is 1. The molecule has 88 valence electrons. The van der Waals surface area contributed by atoms with Gasteiger partial charge in [-0.3, -0.25) is 4.98 Å². The minimum absolute atomic E-state index is 0.687. The number of anilines is 1. The van der Waals surface area contributed by atoms with Crippen LogP contribution in [0.2, 0.25) is 0 Å². The zero-order valence-electron chi connectivity index (χ0n) is 10.4. The van der Waals surface area contributed by atoms with E-state index in [0.717, 1.165) is 29.2 Å². The summed E-state index contributed by atoms with van der Waals surface area (Å²) < 4.78 is 0. The molecule has 2 rings (SSSR count). The first-order valence-corrected chi connectivity index (χ1v) is 5.72. The Morgan fingerprint density at radius 2 is 2.12 bits per heavy atom. The maximum absolute atomic E-state index is 4.52. The van der Waals surface area contributed by atoms with Crippen LogP contribution < -0.4 is 5.32 Å². The van der Waals surface area contributed by atoms with E-state index in [1.54, 1.807) is 6.20 Å². The van der Waals surface area contributed by atoms with Crippen LogP contribution in [0, 0.1) is 6.92 Å². The lowest BCUT2D eigenvalue weighted by Crippen LogP contribution is -2.02. The van der Waals surface area contributed by atoms with Crippen molar-refractivity contribution in [2.75, 3.05) is 12.4 Å². The zero-order valence-corrected chi connectivity index (χ0v) is 10.4. The van der Waals surface area contributed by atoms with E-state index in [0.29, 0.717) is 5.82 Å². The van der Waals surface area contributed by atoms with Crippen LogP contribution in [0.5, 0.6) is 0 Å². The molecule has 2 aromatic heterocycles. The Balaban J connectivity index is 2.55. The summed E-state index contributed by atoms with van der Waals surface area (Å²) in [5.41, 5.74) is 2.95. The number of aryl methyl sites for hydroxylation is 2. The second-order valence-corrected chi connectivity index (χ2v) is 3.84. The molecule has 0 spiro atoms. The minimum atomic E-state index is 0.687. The second kappa shape index (κ2) is 4.91. The first kappa shape index (κ1) is 11.5. The number of hydrogen-bond acceptors (Lipinski definition) is 4. The van der Waals surface area contributed by atoms with Crippen LogP contribution in [-0.2, 0) is 6.42 Å². The van der Waals surface area contributed by atoms with Crippen molar-refractivity contribution in [1.82, 2.24) is 15.0 Å². The van der Waals surface area contributed by atoms with E-state index in [1.807, 2.05) is 32.2 Å². The molecular formula is C13H16N4. The third-order valence-corrected chi connectivity index (χ3v) is 2.62. The average Bonchev–Trinajstić information content (AvgIpc) is 2.38. The van der Waals surface area contributed by atoms with Gasteiger partial charge in [-0.25, -0.2) is 9.97 Å². The minimum Gasteiger partial charge on any atom is -0.373 e. The first-order valence-electron chi connectivity index (χ1n) is 5.72. The maximum Gasteiger partial charge on any atom is 0.180 e. The van der Waals surface area contributed by atoms with Gasteiger partial charge < -0.3 is 5.32 Å². The Hall–Kier alpha value is -1.97. The van der Waals surface area contributed by atoms with Gasteiger partial charge in [0.2, 0.25) is 0 Å². The SMILES string of the molecule is CCc1cc(NC)nc(-c2ncccc2C)n1. The van der Waals surface area contributed by atoms with Crippen molar-refractivity contribution in [1.29, 1.82) is 0 Å². The molecule has 0 atom stereocenters. The van der Waals surface area contributed by atoms with Gasteiger partial charge in [-0.1, -0.05) is 13.0 Å². The molecule has 0 fully saturated rings. The molecule has 0 radical (unpaired) electrons. The highest BCUT2D eigenvalue weighted by Crippen LogP contribution is 2.19. The Morgan fingerprint density at radius 3 is 2.76 bits per heavy atom. The molecule has 1 N–H and O–H groups in total. The first-order chi connectivity index (χ1) is 8.24. The summed E-state index contributed by atoms with van der Waals surface area (Å²) in [4.78, 5) is 13.3. The molecule has 0 aliphatic rings. The highest BCUT2D eigenvalue weighted by atomic mass is 15.0. The topological polar surface area (TPSA) is 50.7 Å². The fraction of sp³-hybridized carbons (Fsp3) is 0.308. The van der Waals surface area contributed by atoms with Gasteiger partial charge >= 0.3 is 0 Å². The van der Waals surface area contributed by atoms with Crippen LogP contribution in [0.4, 0.5) is 5.82 Å². The van der Waals surface area contributed by atoms with Crippen LogP contribution in [0.1, 0.15) is 18.2 Å². The normalized spacial score (nSPS) is 10.3. The summed E-state index contributed by atoms with van der Waals surface area (Å²) in [5.74, 6) is 1.52. The van der Waals surface area contributed by atoms with E-state index in [-0.39, 0.29) is 0 Å². The molecule has 2 aromatic rings. The van der Waals surface area contributed by atoms with Crippen LogP contribution in [0.3, 0.4) is 0 Å². The molecule has 0 saturated carbocycles. The smallest absolute Gasteiger partial charge is 0.180 e. The Morgan fingerprint density at radius 1 is 1.29 bits per heavy atom. The van der Waals surface area contributed by atoms with Gasteiger partial charge in [0.25, 0.3) is 0 Å². The van der Waals surface area contributed by atoms with Gasteiger partial charge in [0.05, 0.1) is 0 Å². The molecule has 17 heavy (non-hydrogen) atoms. The van der Waals surface area contributed by atoms with E-state index >= 15 is 0 Å². The monoisotopic (exact) mass is 228 g/mol. The summed E-state index contributed by atoms with van der Waals surface area (Å²) in [6.45, 7) is 4.10. The van der Waals surface area contributed by atoms with Gasteiger partial charge in [0, 0.05) is 25.0 Å². The number of hydrogen-bond donors (Lipinski definition) is 1. The summed E-state index contributed by atoms with van der Waals surface area (Å²) in [5, 5.41) is 3.05. The van der Waals surface area contributed by atoms with Crippen molar-refractivity contribution in [3.8, 4) is 11.5 Å². The lowest BCUT2D eigenvalue weighted by Gasteiger charge is -2.07. The van der Waals surface area contributed by atoms with Crippen molar-refractivity contribution in [2.45, 2.75) is 20.3 Å². The predicted molar refractivity (Wildman–Crippen MR) is 68.9 cm³/mol. The molecule has 0 amide bonds. The van der Waals surface area contributed by atoms with E-state index in [2.05, 4.69) is 27.2 Å². The number of nitrogens with zero attached hydrogens (tertiary/aromatic N) is 3. The highest BCUT2D eigenvalue weighted by Gasteiger charge is 2.08. The molecule has 0 bridgehead atoms. The lowest BCUT2D eigenvalue weighted by atomic mass is 10.2. The Labute approximate surface area is 101 Å². The van der Waals surface area contributed by atoms with Crippen molar-refractivity contribution >= 4 is 5.82 Å². The van der Waals surface area contributed by atoms with Crippen molar-refractivity contribution in [3.63, 3.8) is 0 Å². The molecule has 2 heterocycles. The van der Waals surface area contributed by atoms with E-state index < -0.39 is 0 Å². The molecule has 0 aliphatic heterocycles. The Bertz CT molecular complexity index is 500. The molecule has 0 aliphatic carbocycles. The van der Waals surface area contributed by atoms with Crippen molar-refractivity contribution in [2.24, 2.45) is 0 Å². The Kier molecular flexibility index (Phi) is 3.32. The van der Waals surface area contributed by atoms with E-state index in [4.69, 9.17) is 0 Å². The summed E-state index contributed by atoms with van der Waals surface area (Å²) in [6, 6.07) is 5.90. The van der Waals surface area contributed by atoms with Gasteiger partial charge in [-0.15, -0.1) is 0 Å². The average molecular weight is 228 g/mol. The van der Waals surface area contributed by atoms with Gasteiger partial charge in [0.1, 0.15) is 11.5 Å². The van der Waals surface area contributed by atoms with E-state index in [1.165, 1.54) is 0 Å². The van der Waals surface area contributed by atoms with Crippen LogP contribution >= 0.6 is 0 Å². The van der Waals surface area contributed by atoms with Crippen LogP contribution in [-0.4, -0.2) is 22.0 Å². The number of pyridine rings is 1. The fourth-order valence-corrected chi connectivity index (χ4v) is 1.63. The fourth-order valence-electron chi connectivity index (χ4n) is 1.63. The predicted octanol–water partition coefficient (Wildman–Crippen LogP) is 2.45. The molecule has 4 heteroatoms. The van der Waals surface area contributed by atoms with Crippen molar-refractivity contribution < 1.29 is 0 Å². The van der Waals surface area contributed by atoms with Crippen LogP contribution in [0.25, 0.3) is 11.5 Å². The summed E-state index contributed by atoms with van der Waals surface area (Å²) >= 11 is 0. The standard InChI is InChI=1S/C13H16N4/c1-4-10-8-11(14-3)17-13(16-10)12-9(2)6-5-7-15-12/h5-8H,4H2,1-3H3,(H,14,16,17). The summed E-state index contributed by atoms with van der Waals surface area (Å²) in [6.07, 6.45) is 2.65. The number of rotatable bonds is 3. The molecule has 4 nitrogen and oxygen atoms in total. The molecule has 0 saturated heterocycles. The maximum atomic E-state index is 4.52. The number of aromatic nitrogens is 3. The van der Waals surface area contributed by atoms with Crippen molar-refractivity contribution in [3.05, 3.63) is 35.7 Å². The van der Waals surface area contributed by atoms with Gasteiger partial charge in [0.15, 0.2) is 5.82 Å². The second-order valence-electron chi connectivity index (χ2n) is 3.84. The lowest BCUT2D eigenvalue weighted by molar-refractivity contribution is 0.995. The third-order valence-electron chi connectivity index (χ3n) is 2.62. The van der Waals surface area contributed by atoms with Gasteiger partial charge in [-0.05, 0) is 25.0 Å². The van der Waals surface area contributed by atoms with E-state index in [9.17, 15) is 0 Å². The highest BCUT2D eigenvalue weighted by molar-refractivity contribution is 5.56. The third kappa shape index (κ3) is 2.41. The van der Waals surface area contributed by atoms with Gasteiger partial charge in [-0.2, -0.15) is 0 Å². The zero-order chi connectivity index (χ0) is 12.3. The molecule has 0 aromatic carbocycles.